The molecule has 0 amide bonds. The van der Waals surface area contributed by atoms with Gasteiger partial charge in [0.25, 0.3) is 0 Å². The Morgan fingerprint density at radius 2 is 2.27 bits per heavy atom. The molecule has 1 fully saturated rings. The van der Waals surface area contributed by atoms with Gasteiger partial charge in [0.05, 0.1) is 0 Å². The van der Waals surface area contributed by atoms with Crippen molar-refractivity contribution < 1.29 is 0 Å². The third-order valence-corrected chi connectivity index (χ3v) is 4.08. The number of nitrogens with one attached hydrogen (secondary N) is 1. The highest BCUT2D eigenvalue weighted by atomic mass is 32.1. The molecule has 0 aromatic carbocycles. The minimum Gasteiger partial charge on any atom is -0.314 e. The number of hydrogen-bond acceptors (Lipinski definition) is 4. The molecular formula is C11H19N3S. The van der Waals surface area contributed by atoms with E-state index in [-0.39, 0.29) is 0 Å². The summed E-state index contributed by atoms with van der Waals surface area (Å²) in [6, 6.07) is 0.798. The largest absolute Gasteiger partial charge is 0.314 e. The van der Waals surface area contributed by atoms with Crippen molar-refractivity contribution in [3.8, 4) is 0 Å². The van der Waals surface area contributed by atoms with Crippen LogP contribution in [0.1, 0.15) is 49.0 Å². The summed E-state index contributed by atoms with van der Waals surface area (Å²) < 4.78 is 0. The Bertz CT molecular complexity index is 307. The lowest BCUT2D eigenvalue weighted by molar-refractivity contribution is 0.675. The molecule has 1 aromatic rings. The molecule has 1 atom stereocenters. The van der Waals surface area contributed by atoms with Crippen molar-refractivity contribution in [3.63, 3.8) is 0 Å². The maximum Gasteiger partial charge on any atom is 0.120 e. The van der Waals surface area contributed by atoms with Crippen LogP contribution in [0.2, 0.25) is 0 Å². The highest BCUT2D eigenvalue weighted by Gasteiger charge is 2.20. The van der Waals surface area contributed by atoms with E-state index in [0.29, 0.717) is 5.92 Å². The Kier molecular flexibility index (Phi) is 3.70. The Morgan fingerprint density at radius 3 is 2.93 bits per heavy atom. The summed E-state index contributed by atoms with van der Waals surface area (Å²) in [4.78, 5) is 0. The fourth-order valence-electron chi connectivity index (χ4n) is 1.41. The van der Waals surface area contributed by atoms with E-state index in [2.05, 4.69) is 29.4 Å². The van der Waals surface area contributed by atoms with E-state index in [1.807, 2.05) is 0 Å². The first-order chi connectivity index (χ1) is 7.29. The van der Waals surface area contributed by atoms with Gasteiger partial charge in [-0.15, -0.1) is 21.5 Å². The van der Waals surface area contributed by atoms with E-state index >= 15 is 0 Å². The molecule has 1 unspecified atom stereocenters. The lowest BCUT2D eigenvalue weighted by atomic mass is 10.1. The van der Waals surface area contributed by atoms with Gasteiger partial charge in [-0.2, -0.15) is 0 Å². The van der Waals surface area contributed by atoms with Crippen molar-refractivity contribution in [1.29, 1.82) is 0 Å². The molecule has 1 aromatic heterocycles. The maximum absolute atomic E-state index is 4.24. The lowest BCUT2D eigenvalue weighted by Crippen LogP contribution is -2.19. The topological polar surface area (TPSA) is 37.8 Å². The molecular weight excluding hydrogens is 206 g/mol. The van der Waals surface area contributed by atoms with E-state index in [0.717, 1.165) is 25.4 Å². The SMILES string of the molecule is CCC(C)c1nnc(CCNC2CC2)s1. The predicted octanol–water partition coefficient (Wildman–Crippen LogP) is 2.35. The summed E-state index contributed by atoms with van der Waals surface area (Å²) in [5.74, 6) is 0.563. The van der Waals surface area contributed by atoms with Crippen LogP contribution in [0.5, 0.6) is 0 Å². The number of hydrogen-bond donors (Lipinski definition) is 1. The van der Waals surface area contributed by atoms with Gasteiger partial charge >= 0.3 is 0 Å². The molecule has 3 nitrogen and oxygen atoms in total. The fourth-order valence-corrected chi connectivity index (χ4v) is 2.39. The van der Waals surface area contributed by atoms with Gasteiger partial charge in [-0.25, -0.2) is 0 Å². The van der Waals surface area contributed by atoms with Gasteiger partial charge in [0, 0.05) is 24.9 Å². The van der Waals surface area contributed by atoms with Crippen LogP contribution in [0.3, 0.4) is 0 Å². The zero-order chi connectivity index (χ0) is 10.7. The van der Waals surface area contributed by atoms with Crippen molar-refractivity contribution in [2.75, 3.05) is 6.54 Å². The van der Waals surface area contributed by atoms with Crippen LogP contribution in [0, 0.1) is 0 Å². The van der Waals surface area contributed by atoms with Crippen LogP contribution in [-0.4, -0.2) is 22.8 Å². The van der Waals surface area contributed by atoms with Gasteiger partial charge in [0.15, 0.2) is 0 Å². The molecule has 0 bridgehead atoms. The Hall–Kier alpha value is -0.480. The molecule has 15 heavy (non-hydrogen) atoms. The van der Waals surface area contributed by atoms with Crippen LogP contribution in [0.25, 0.3) is 0 Å². The number of nitrogens with zero attached hydrogens (tertiary/aromatic N) is 2. The third kappa shape index (κ3) is 3.24. The van der Waals surface area contributed by atoms with Gasteiger partial charge in [0.2, 0.25) is 0 Å². The Balaban J connectivity index is 1.77. The predicted molar refractivity (Wildman–Crippen MR) is 63.3 cm³/mol. The summed E-state index contributed by atoms with van der Waals surface area (Å²) in [5, 5.41) is 14.3. The van der Waals surface area contributed by atoms with Gasteiger partial charge in [-0.1, -0.05) is 13.8 Å². The smallest absolute Gasteiger partial charge is 0.120 e. The van der Waals surface area contributed by atoms with Crippen molar-refractivity contribution >= 4 is 11.3 Å². The standard InChI is InChI=1S/C11H19N3S/c1-3-8(2)11-14-13-10(15-11)6-7-12-9-4-5-9/h8-9,12H,3-7H2,1-2H3. The average Bonchev–Trinajstić information content (AvgIpc) is 2.94. The van der Waals surface area contributed by atoms with Gasteiger partial charge in [-0.05, 0) is 19.3 Å². The van der Waals surface area contributed by atoms with Crippen molar-refractivity contribution in [2.45, 2.75) is 51.5 Å². The summed E-state index contributed by atoms with van der Waals surface area (Å²) in [6.07, 6.45) is 4.89. The molecule has 1 saturated carbocycles. The van der Waals surface area contributed by atoms with E-state index in [9.17, 15) is 0 Å². The molecule has 0 radical (unpaired) electrons. The summed E-state index contributed by atoms with van der Waals surface area (Å²) in [7, 11) is 0. The summed E-state index contributed by atoms with van der Waals surface area (Å²) >= 11 is 1.78. The first kappa shape index (κ1) is 11.0. The van der Waals surface area contributed by atoms with E-state index in [1.54, 1.807) is 11.3 Å². The van der Waals surface area contributed by atoms with Gasteiger partial charge in [-0.3, -0.25) is 0 Å². The maximum atomic E-state index is 4.24. The molecule has 84 valence electrons. The second-order valence-corrected chi connectivity index (χ2v) is 5.42. The monoisotopic (exact) mass is 225 g/mol. The molecule has 0 aliphatic heterocycles. The minimum atomic E-state index is 0.563. The average molecular weight is 225 g/mol. The highest BCUT2D eigenvalue weighted by molar-refractivity contribution is 7.11. The molecule has 1 aliphatic rings. The van der Waals surface area contributed by atoms with Crippen LogP contribution in [0.4, 0.5) is 0 Å². The third-order valence-electron chi connectivity index (χ3n) is 2.87. The molecule has 2 rings (SSSR count). The van der Waals surface area contributed by atoms with Crippen LogP contribution in [0.15, 0.2) is 0 Å². The molecule has 1 N–H and O–H groups in total. The molecule has 4 heteroatoms. The molecule has 1 aliphatic carbocycles. The van der Waals surface area contributed by atoms with Crippen LogP contribution in [-0.2, 0) is 6.42 Å². The Morgan fingerprint density at radius 1 is 1.47 bits per heavy atom. The highest BCUT2D eigenvalue weighted by Crippen LogP contribution is 2.22. The van der Waals surface area contributed by atoms with E-state index in [4.69, 9.17) is 0 Å². The minimum absolute atomic E-state index is 0.563. The molecule has 0 spiro atoms. The number of rotatable bonds is 6. The van der Waals surface area contributed by atoms with Gasteiger partial charge in [0.1, 0.15) is 10.0 Å². The molecule has 1 heterocycles. The zero-order valence-corrected chi connectivity index (χ0v) is 10.3. The summed E-state index contributed by atoms with van der Waals surface area (Å²) in [6.45, 7) is 5.47. The normalized spacial score (nSPS) is 18.0. The van der Waals surface area contributed by atoms with Crippen LogP contribution < -0.4 is 5.32 Å². The van der Waals surface area contributed by atoms with Gasteiger partial charge < -0.3 is 5.32 Å². The Labute approximate surface area is 95.3 Å². The second-order valence-electron chi connectivity index (χ2n) is 4.32. The second kappa shape index (κ2) is 5.03. The lowest BCUT2D eigenvalue weighted by Gasteiger charge is -2.00. The first-order valence-corrected chi connectivity index (χ1v) is 6.67. The van der Waals surface area contributed by atoms with Crippen molar-refractivity contribution in [2.24, 2.45) is 0 Å². The summed E-state index contributed by atoms with van der Waals surface area (Å²) in [5.41, 5.74) is 0. The number of aromatic nitrogens is 2. The fraction of sp³-hybridized carbons (Fsp3) is 0.818. The van der Waals surface area contributed by atoms with Crippen molar-refractivity contribution in [3.05, 3.63) is 10.0 Å². The van der Waals surface area contributed by atoms with Crippen LogP contribution >= 0.6 is 11.3 Å². The quantitative estimate of drug-likeness (QED) is 0.807. The first-order valence-electron chi connectivity index (χ1n) is 5.85. The molecule has 0 saturated heterocycles. The van der Waals surface area contributed by atoms with E-state index in [1.165, 1.54) is 22.9 Å². The van der Waals surface area contributed by atoms with Crippen molar-refractivity contribution in [1.82, 2.24) is 15.5 Å². The van der Waals surface area contributed by atoms with E-state index < -0.39 is 0 Å². The zero-order valence-electron chi connectivity index (χ0n) is 9.49.